The smallest absolute Gasteiger partial charge is 0.342 e. The first-order valence-electron chi connectivity index (χ1n) is 8.92. The molecule has 0 unspecified atom stereocenters. The number of aryl methyl sites for hydroxylation is 1. The lowest BCUT2D eigenvalue weighted by Crippen LogP contribution is -2.37. The molecule has 2 aromatic carbocycles. The Kier molecular flexibility index (Phi) is 5.87. The standard InChI is InChI=1S/C20H21F3N4O/c1-27(13-14-7-2-3-8-15(14)20(21,22)23)19(28)24-12-6-11-18-25-16-9-4-5-10-17(16)26-18/h2-5,7-10H,6,11-13H2,1H3,(H,24,28)(H,25,26). The van der Waals surface area contributed by atoms with Crippen LogP contribution in [0.5, 0.6) is 0 Å². The molecule has 0 aliphatic carbocycles. The van der Waals surface area contributed by atoms with Crippen LogP contribution in [0.3, 0.4) is 0 Å². The maximum atomic E-state index is 13.1. The van der Waals surface area contributed by atoms with Gasteiger partial charge in [-0.3, -0.25) is 0 Å². The van der Waals surface area contributed by atoms with Crippen LogP contribution < -0.4 is 5.32 Å². The molecule has 1 heterocycles. The molecule has 0 atom stereocenters. The summed E-state index contributed by atoms with van der Waals surface area (Å²) in [7, 11) is 1.47. The number of carbonyl (C=O) groups is 1. The number of aromatic amines is 1. The molecule has 0 aliphatic rings. The van der Waals surface area contributed by atoms with E-state index < -0.39 is 17.8 Å². The van der Waals surface area contributed by atoms with Crippen molar-refractivity contribution in [1.29, 1.82) is 0 Å². The minimum atomic E-state index is -4.44. The molecule has 0 radical (unpaired) electrons. The van der Waals surface area contributed by atoms with E-state index in [9.17, 15) is 18.0 Å². The average molecular weight is 390 g/mol. The molecular formula is C20H21F3N4O. The Balaban J connectivity index is 1.48. The van der Waals surface area contributed by atoms with Crippen molar-refractivity contribution in [2.45, 2.75) is 25.6 Å². The molecule has 3 aromatic rings. The summed E-state index contributed by atoms with van der Waals surface area (Å²) in [5, 5.41) is 2.73. The highest BCUT2D eigenvalue weighted by Gasteiger charge is 2.33. The summed E-state index contributed by atoms with van der Waals surface area (Å²) in [6, 6.07) is 12.6. The first-order valence-corrected chi connectivity index (χ1v) is 8.92. The number of nitrogens with zero attached hydrogens (tertiary/aromatic N) is 2. The van der Waals surface area contributed by atoms with Crippen molar-refractivity contribution in [3.63, 3.8) is 0 Å². The third-order valence-electron chi connectivity index (χ3n) is 4.38. The Morgan fingerprint density at radius 2 is 1.86 bits per heavy atom. The normalized spacial score (nSPS) is 11.6. The van der Waals surface area contributed by atoms with E-state index in [-0.39, 0.29) is 12.1 Å². The topological polar surface area (TPSA) is 61.0 Å². The van der Waals surface area contributed by atoms with Crippen LogP contribution in [0.1, 0.15) is 23.4 Å². The van der Waals surface area contributed by atoms with Gasteiger partial charge in [0.1, 0.15) is 5.82 Å². The fraction of sp³-hybridized carbons (Fsp3) is 0.300. The number of nitrogens with one attached hydrogen (secondary N) is 2. The molecule has 2 N–H and O–H groups in total. The van der Waals surface area contributed by atoms with Gasteiger partial charge in [-0.25, -0.2) is 9.78 Å². The number of H-pyrrole nitrogens is 1. The van der Waals surface area contributed by atoms with Gasteiger partial charge in [0.2, 0.25) is 0 Å². The van der Waals surface area contributed by atoms with Gasteiger partial charge in [-0.2, -0.15) is 13.2 Å². The molecule has 0 bridgehead atoms. The Morgan fingerprint density at radius 1 is 1.14 bits per heavy atom. The zero-order valence-electron chi connectivity index (χ0n) is 15.4. The number of benzene rings is 2. The van der Waals surface area contributed by atoms with Crippen LogP contribution in [0.2, 0.25) is 0 Å². The van der Waals surface area contributed by atoms with Crippen LogP contribution in [0.15, 0.2) is 48.5 Å². The molecule has 3 rings (SSSR count). The predicted octanol–water partition coefficient (Wildman–Crippen LogP) is 4.36. The fourth-order valence-electron chi connectivity index (χ4n) is 2.97. The maximum Gasteiger partial charge on any atom is 0.416 e. The van der Waals surface area contributed by atoms with Gasteiger partial charge in [0.15, 0.2) is 0 Å². The van der Waals surface area contributed by atoms with Crippen molar-refractivity contribution in [3.05, 3.63) is 65.5 Å². The van der Waals surface area contributed by atoms with Gasteiger partial charge < -0.3 is 15.2 Å². The Bertz CT molecular complexity index is 919. The highest BCUT2D eigenvalue weighted by Crippen LogP contribution is 2.32. The van der Waals surface area contributed by atoms with Crippen molar-refractivity contribution in [2.75, 3.05) is 13.6 Å². The highest BCUT2D eigenvalue weighted by atomic mass is 19.4. The van der Waals surface area contributed by atoms with E-state index >= 15 is 0 Å². The quantitative estimate of drug-likeness (QED) is 0.615. The molecule has 0 aliphatic heterocycles. The van der Waals surface area contributed by atoms with Crippen molar-refractivity contribution in [3.8, 4) is 0 Å². The number of fused-ring (bicyclic) bond motifs is 1. The van der Waals surface area contributed by atoms with E-state index in [1.165, 1.54) is 30.1 Å². The Labute approximate surface area is 160 Å². The number of alkyl halides is 3. The van der Waals surface area contributed by atoms with E-state index in [0.29, 0.717) is 19.4 Å². The number of hydrogen-bond acceptors (Lipinski definition) is 2. The van der Waals surface area contributed by atoms with Gasteiger partial charge in [0.25, 0.3) is 0 Å². The number of rotatable bonds is 6. The average Bonchev–Trinajstić information content (AvgIpc) is 3.07. The molecular weight excluding hydrogens is 369 g/mol. The summed E-state index contributed by atoms with van der Waals surface area (Å²) < 4.78 is 39.2. The van der Waals surface area contributed by atoms with E-state index in [4.69, 9.17) is 0 Å². The van der Waals surface area contributed by atoms with Gasteiger partial charge in [0.05, 0.1) is 16.6 Å². The molecule has 2 amide bonds. The van der Waals surface area contributed by atoms with Crippen molar-refractivity contribution < 1.29 is 18.0 Å². The number of carbonyl (C=O) groups excluding carboxylic acids is 1. The molecule has 1 aromatic heterocycles. The zero-order valence-corrected chi connectivity index (χ0v) is 15.4. The lowest BCUT2D eigenvalue weighted by Gasteiger charge is -2.20. The Morgan fingerprint density at radius 3 is 2.61 bits per heavy atom. The summed E-state index contributed by atoms with van der Waals surface area (Å²) in [4.78, 5) is 21.1. The second-order valence-corrected chi connectivity index (χ2v) is 6.55. The number of aromatic nitrogens is 2. The van der Waals surface area contributed by atoms with Gasteiger partial charge in [-0.05, 0) is 30.2 Å². The summed E-state index contributed by atoms with van der Waals surface area (Å²) in [6.07, 6.45) is -3.12. The molecule has 0 spiro atoms. The lowest BCUT2D eigenvalue weighted by molar-refractivity contribution is -0.138. The van der Waals surface area contributed by atoms with Crippen LogP contribution in [-0.4, -0.2) is 34.5 Å². The summed E-state index contributed by atoms with van der Waals surface area (Å²) in [6.45, 7) is 0.284. The monoisotopic (exact) mass is 390 g/mol. The van der Waals surface area contributed by atoms with Gasteiger partial charge in [0, 0.05) is 26.6 Å². The minimum absolute atomic E-state index is 0.0647. The number of hydrogen-bond donors (Lipinski definition) is 2. The molecule has 28 heavy (non-hydrogen) atoms. The van der Waals surface area contributed by atoms with Gasteiger partial charge in [-0.15, -0.1) is 0 Å². The lowest BCUT2D eigenvalue weighted by atomic mass is 10.1. The van der Waals surface area contributed by atoms with Crippen LogP contribution in [0, 0.1) is 0 Å². The van der Waals surface area contributed by atoms with Crippen LogP contribution >= 0.6 is 0 Å². The maximum absolute atomic E-state index is 13.1. The number of imidazole rings is 1. The zero-order chi connectivity index (χ0) is 20.1. The second-order valence-electron chi connectivity index (χ2n) is 6.55. The summed E-state index contributed by atoms with van der Waals surface area (Å²) in [5.41, 5.74) is 1.20. The van der Waals surface area contributed by atoms with Crippen molar-refractivity contribution in [2.24, 2.45) is 0 Å². The largest absolute Gasteiger partial charge is 0.416 e. The van der Waals surface area contributed by atoms with Crippen LogP contribution in [-0.2, 0) is 19.1 Å². The number of para-hydroxylation sites is 2. The SMILES string of the molecule is CN(Cc1ccccc1C(F)(F)F)C(=O)NCCCc1nc2ccccc2[nH]1. The highest BCUT2D eigenvalue weighted by molar-refractivity contribution is 5.75. The minimum Gasteiger partial charge on any atom is -0.342 e. The third-order valence-corrected chi connectivity index (χ3v) is 4.38. The molecule has 0 saturated carbocycles. The molecule has 5 nitrogen and oxygen atoms in total. The summed E-state index contributed by atoms with van der Waals surface area (Å²) in [5.74, 6) is 0.836. The summed E-state index contributed by atoms with van der Waals surface area (Å²) >= 11 is 0. The van der Waals surface area contributed by atoms with E-state index in [2.05, 4.69) is 15.3 Å². The molecule has 0 saturated heterocycles. The fourth-order valence-corrected chi connectivity index (χ4v) is 2.97. The number of halogens is 3. The third kappa shape index (κ3) is 4.82. The van der Waals surface area contributed by atoms with E-state index in [0.717, 1.165) is 22.9 Å². The number of amides is 2. The van der Waals surface area contributed by atoms with Crippen LogP contribution in [0.25, 0.3) is 11.0 Å². The predicted molar refractivity (Wildman–Crippen MR) is 101 cm³/mol. The van der Waals surface area contributed by atoms with Gasteiger partial charge >= 0.3 is 12.2 Å². The van der Waals surface area contributed by atoms with Crippen molar-refractivity contribution >= 4 is 17.1 Å². The molecule has 8 heteroatoms. The molecule has 0 fully saturated rings. The van der Waals surface area contributed by atoms with Crippen molar-refractivity contribution in [1.82, 2.24) is 20.2 Å². The van der Waals surface area contributed by atoms with E-state index in [1.807, 2.05) is 24.3 Å². The second kappa shape index (κ2) is 8.33. The first-order chi connectivity index (χ1) is 13.3. The Hall–Kier alpha value is -3.03. The number of urea groups is 1. The van der Waals surface area contributed by atoms with E-state index in [1.54, 1.807) is 0 Å². The van der Waals surface area contributed by atoms with Crippen LogP contribution in [0.4, 0.5) is 18.0 Å². The van der Waals surface area contributed by atoms with Gasteiger partial charge in [-0.1, -0.05) is 30.3 Å². The first kappa shape index (κ1) is 19.7. The molecule has 148 valence electrons.